The molecule has 0 aliphatic carbocycles. The van der Waals surface area contributed by atoms with E-state index in [-0.39, 0.29) is 30.9 Å². The second kappa shape index (κ2) is 17.2. The number of fused-ring (bicyclic) bond motifs is 3. The molecule has 0 fully saturated rings. The Bertz CT molecular complexity index is 2410. The number of aromatic nitrogens is 6. The molecule has 4 heterocycles. The Morgan fingerprint density at radius 3 is 1.96 bits per heavy atom. The van der Waals surface area contributed by atoms with Gasteiger partial charge in [0.2, 0.25) is 11.9 Å². The smallest absolute Gasteiger partial charge is 0.468 e. The molecule has 4 aromatic carbocycles. The van der Waals surface area contributed by atoms with Gasteiger partial charge in [-0.25, -0.2) is 9.97 Å². The third-order valence-electron chi connectivity index (χ3n) is 8.51. The monoisotopic (exact) mass is 905 g/mol. The molecule has 8 rings (SSSR count). The van der Waals surface area contributed by atoms with E-state index >= 15 is 0 Å². The first-order chi connectivity index (χ1) is 26.0. The molecule has 0 atom stereocenters. The van der Waals surface area contributed by atoms with Crippen LogP contribution in [0.3, 0.4) is 0 Å². The van der Waals surface area contributed by atoms with Crippen LogP contribution in [0.25, 0.3) is 38.9 Å². The van der Waals surface area contributed by atoms with Gasteiger partial charge in [-0.2, -0.15) is 59.7 Å². The third-order valence-corrected chi connectivity index (χ3v) is 8.51. The number of para-hydroxylation sites is 3. The van der Waals surface area contributed by atoms with Gasteiger partial charge in [-0.15, -0.1) is 12.1 Å². The van der Waals surface area contributed by atoms with Crippen LogP contribution in [0.4, 0.5) is 17.6 Å². The van der Waals surface area contributed by atoms with E-state index in [1.54, 1.807) is 19.3 Å². The fraction of sp³-hybridized carbons (Fsp3) is 0.196. The standard InChI is InChI=1S/C26H29N6.C18H12NO.C2H5.Ir/c1-25(2,3)21-28-22(26(4,5)6)30-23(29-21)32(20-15-11-8-12-16-20)24-27-17-18-31(24)19-13-9-7-10-14-19;1-12-9-10-14-13-6-2-3-8-16(13)20-18(14)17(12)15-7-4-5-11-19-15;1-2;/h7-15,17-18H,1-6H3;2-11H,1H2;1H2,2H3;/q3*-1;+3. The summed E-state index contributed by atoms with van der Waals surface area (Å²) in [5.41, 5.74) is 5.88. The Morgan fingerprint density at radius 2 is 1.33 bits per heavy atom. The predicted molar refractivity (Wildman–Crippen MR) is 220 cm³/mol. The third kappa shape index (κ3) is 8.86. The summed E-state index contributed by atoms with van der Waals surface area (Å²) in [6.45, 7) is 21.8. The van der Waals surface area contributed by atoms with Gasteiger partial charge in [0, 0.05) is 51.6 Å². The quantitative estimate of drug-likeness (QED) is 0.159. The van der Waals surface area contributed by atoms with Crippen molar-refractivity contribution in [2.24, 2.45) is 0 Å². The number of hydrogen-bond donors (Lipinski definition) is 0. The largest absolute Gasteiger partial charge is 3.00 e. The normalized spacial score (nSPS) is 11.2. The van der Waals surface area contributed by atoms with Crippen molar-refractivity contribution in [1.29, 1.82) is 0 Å². The Balaban J connectivity index is 0.000000216. The average molecular weight is 905 g/mol. The molecule has 55 heavy (non-hydrogen) atoms. The van der Waals surface area contributed by atoms with Crippen LogP contribution in [-0.2, 0) is 30.9 Å². The van der Waals surface area contributed by atoms with Crippen LogP contribution in [0.2, 0.25) is 0 Å². The number of nitrogens with zero attached hydrogens (tertiary/aromatic N) is 7. The van der Waals surface area contributed by atoms with Gasteiger partial charge in [0.05, 0.1) is 5.58 Å². The zero-order valence-electron chi connectivity index (χ0n) is 32.4. The molecular weight excluding hydrogens is 859 g/mol. The first kappa shape index (κ1) is 40.6. The minimum Gasteiger partial charge on any atom is -0.468 e. The molecule has 9 heteroatoms. The summed E-state index contributed by atoms with van der Waals surface area (Å²) in [4.78, 5) is 25.7. The summed E-state index contributed by atoms with van der Waals surface area (Å²) in [7, 11) is 0. The molecule has 0 spiro atoms. The van der Waals surface area contributed by atoms with E-state index in [2.05, 4.69) is 78.6 Å². The van der Waals surface area contributed by atoms with Crippen LogP contribution < -0.4 is 4.90 Å². The number of pyridine rings is 1. The summed E-state index contributed by atoms with van der Waals surface area (Å²) in [5, 5.41) is 2.23. The van der Waals surface area contributed by atoms with Crippen LogP contribution in [-0.4, -0.2) is 29.5 Å². The van der Waals surface area contributed by atoms with E-state index in [4.69, 9.17) is 24.4 Å². The van der Waals surface area contributed by atoms with Gasteiger partial charge >= 0.3 is 20.1 Å². The number of hydrogen-bond acceptors (Lipinski definition) is 7. The number of imidazole rings is 1. The maximum absolute atomic E-state index is 6.04. The second-order valence-corrected chi connectivity index (χ2v) is 14.6. The molecule has 0 unspecified atom stereocenters. The molecule has 280 valence electrons. The van der Waals surface area contributed by atoms with Crippen molar-refractivity contribution in [3.63, 3.8) is 0 Å². The Labute approximate surface area is 338 Å². The van der Waals surface area contributed by atoms with Crippen molar-refractivity contribution >= 4 is 39.5 Å². The van der Waals surface area contributed by atoms with Crippen molar-refractivity contribution in [3.05, 3.63) is 165 Å². The van der Waals surface area contributed by atoms with Crippen LogP contribution in [0.15, 0.2) is 132 Å². The van der Waals surface area contributed by atoms with E-state index in [1.165, 1.54) is 0 Å². The number of rotatable bonds is 5. The van der Waals surface area contributed by atoms with Gasteiger partial charge in [0.15, 0.2) is 0 Å². The first-order valence-electron chi connectivity index (χ1n) is 18.0. The zero-order valence-corrected chi connectivity index (χ0v) is 34.8. The van der Waals surface area contributed by atoms with Gasteiger partial charge in [-0.05, 0) is 30.3 Å². The Hall–Kier alpha value is -5.63. The minimum absolute atomic E-state index is 0. The minimum atomic E-state index is -0.237. The number of furan rings is 1. The summed E-state index contributed by atoms with van der Waals surface area (Å²) in [6.07, 6.45) is 5.52. The molecule has 4 aromatic heterocycles. The molecule has 0 bridgehead atoms. The second-order valence-electron chi connectivity index (χ2n) is 14.6. The van der Waals surface area contributed by atoms with Crippen molar-refractivity contribution in [2.75, 3.05) is 4.90 Å². The molecule has 0 aliphatic rings. The summed E-state index contributed by atoms with van der Waals surface area (Å²) in [5.74, 6) is 2.70. The number of benzene rings is 4. The predicted octanol–water partition coefficient (Wildman–Crippen LogP) is 11.6. The Kier molecular flexibility index (Phi) is 12.7. The van der Waals surface area contributed by atoms with Gasteiger partial charge < -0.3 is 11.3 Å². The average Bonchev–Trinajstić information content (AvgIpc) is 3.81. The molecular formula is C46H46IrN7O. The summed E-state index contributed by atoms with van der Waals surface area (Å²) in [6, 6.07) is 39.3. The van der Waals surface area contributed by atoms with E-state index in [0.717, 1.165) is 61.8 Å². The fourth-order valence-electron chi connectivity index (χ4n) is 5.84. The van der Waals surface area contributed by atoms with Crippen molar-refractivity contribution in [1.82, 2.24) is 29.5 Å². The molecule has 8 aromatic rings. The van der Waals surface area contributed by atoms with Crippen LogP contribution in [0, 0.1) is 19.9 Å². The molecule has 0 saturated carbocycles. The summed E-state index contributed by atoms with van der Waals surface area (Å²) < 4.78 is 8.06. The maximum atomic E-state index is 6.04. The molecule has 0 N–H and O–H groups in total. The molecule has 8 nitrogen and oxygen atoms in total. The fourth-order valence-corrected chi connectivity index (χ4v) is 5.84. The molecule has 0 radical (unpaired) electrons. The van der Waals surface area contributed by atoms with Gasteiger partial charge in [0.1, 0.15) is 17.2 Å². The van der Waals surface area contributed by atoms with Crippen molar-refractivity contribution in [2.45, 2.75) is 59.3 Å². The molecule has 0 saturated heterocycles. The van der Waals surface area contributed by atoms with E-state index in [1.807, 2.05) is 113 Å². The topological polar surface area (TPSA) is 85.8 Å². The van der Waals surface area contributed by atoms with E-state index in [9.17, 15) is 0 Å². The first-order valence-corrected chi connectivity index (χ1v) is 18.0. The molecule has 0 amide bonds. The van der Waals surface area contributed by atoms with Crippen LogP contribution >= 0.6 is 0 Å². The van der Waals surface area contributed by atoms with Gasteiger partial charge in [-0.1, -0.05) is 95.3 Å². The van der Waals surface area contributed by atoms with Crippen molar-refractivity contribution < 1.29 is 24.5 Å². The van der Waals surface area contributed by atoms with Crippen LogP contribution in [0.5, 0.6) is 0 Å². The van der Waals surface area contributed by atoms with Crippen LogP contribution in [0.1, 0.15) is 65.7 Å². The SMILES string of the molecule is CC(C)(C)c1nc(N(c2[c-]cccc2)c2nccn2-c2ccccc2)nc(C(C)(C)C)n1.[CH2-]C.[CH2-]c1ccc2c(oc3ccccc32)c1-c1ccccn1.[Ir+3]. The number of anilines is 3. The van der Waals surface area contributed by atoms with Gasteiger partial charge in [-0.3, -0.25) is 14.5 Å². The van der Waals surface area contributed by atoms with E-state index < -0.39 is 0 Å². The summed E-state index contributed by atoms with van der Waals surface area (Å²) >= 11 is 0. The maximum Gasteiger partial charge on any atom is 3.00 e. The molecule has 0 aliphatic heterocycles. The Morgan fingerprint density at radius 1 is 0.673 bits per heavy atom. The zero-order chi connectivity index (χ0) is 38.5. The van der Waals surface area contributed by atoms with Gasteiger partial charge in [0.25, 0.3) is 0 Å². The van der Waals surface area contributed by atoms with E-state index in [0.29, 0.717) is 11.9 Å². The van der Waals surface area contributed by atoms with Crippen molar-refractivity contribution in [3.8, 4) is 16.9 Å².